The van der Waals surface area contributed by atoms with Gasteiger partial charge in [-0.25, -0.2) is 4.98 Å². The summed E-state index contributed by atoms with van der Waals surface area (Å²) in [6.45, 7) is 5.57. The van der Waals surface area contributed by atoms with Gasteiger partial charge in [0.25, 0.3) is 5.91 Å². The van der Waals surface area contributed by atoms with Gasteiger partial charge in [-0.15, -0.1) is 0 Å². The maximum atomic E-state index is 12.6. The predicted molar refractivity (Wildman–Crippen MR) is 96.0 cm³/mol. The van der Waals surface area contributed by atoms with E-state index in [0.29, 0.717) is 24.1 Å². The fraction of sp³-hybridized carbons (Fsp3) is 0.667. The smallest absolute Gasteiger partial charge is 0.251 e. The van der Waals surface area contributed by atoms with Gasteiger partial charge in [0.15, 0.2) is 0 Å². The van der Waals surface area contributed by atoms with E-state index in [0.717, 1.165) is 51.8 Å². The highest BCUT2D eigenvalue weighted by molar-refractivity contribution is 5.94. The minimum Gasteiger partial charge on any atom is -0.381 e. The molecule has 3 heterocycles. The summed E-state index contributed by atoms with van der Waals surface area (Å²) >= 11 is 0. The molecule has 0 aromatic carbocycles. The average Bonchev–Trinajstić information content (AvgIpc) is 3.17. The second-order valence-electron chi connectivity index (χ2n) is 6.85. The van der Waals surface area contributed by atoms with Crippen LogP contribution in [0.5, 0.6) is 0 Å². The van der Waals surface area contributed by atoms with Crippen molar-refractivity contribution in [1.82, 2.24) is 15.2 Å². The van der Waals surface area contributed by atoms with Crippen LogP contribution >= 0.6 is 0 Å². The average molecular weight is 348 g/mol. The summed E-state index contributed by atoms with van der Waals surface area (Å²) in [5.41, 5.74) is 0.641. The standard InChI is InChI=1S/C18H28N4O3/c1-21(2)17-11-14(3-5-19-17)18(23)20-12-16(15-4-8-25-13-15)22-6-9-24-10-7-22/h3,5,11,15-16H,4,6-10,12-13H2,1-2H3,(H,20,23)/t15-,16-/m0/s1. The van der Waals surface area contributed by atoms with Gasteiger partial charge in [-0.3, -0.25) is 9.69 Å². The van der Waals surface area contributed by atoms with Crippen LogP contribution in [-0.2, 0) is 9.47 Å². The lowest BCUT2D eigenvalue weighted by Gasteiger charge is -2.37. The van der Waals surface area contributed by atoms with Crippen molar-refractivity contribution in [2.24, 2.45) is 5.92 Å². The zero-order valence-electron chi connectivity index (χ0n) is 15.1. The second-order valence-corrected chi connectivity index (χ2v) is 6.85. The molecule has 1 N–H and O–H groups in total. The molecule has 0 unspecified atom stereocenters. The number of nitrogens with zero attached hydrogens (tertiary/aromatic N) is 3. The summed E-state index contributed by atoms with van der Waals surface area (Å²) in [5, 5.41) is 3.12. The van der Waals surface area contributed by atoms with Crippen molar-refractivity contribution in [3.05, 3.63) is 23.9 Å². The molecule has 2 saturated heterocycles. The summed E-state index contributed by atoms with van der Waals surface area (Å²) < 4.78 is 11.0. The molecule has 1 aromatic heterocycles. The van der Waals surface area contributed by atoms with Crippen LogP contribution in [0.15, 0.2) is 18.3 Å². The number of nitrogens with one attached hydrogen (secondary N) is 1. The van der Waals surface area contributed by atoms with Crippen molar-refractivity contribution in [3.8, 4) is 0 Å². The molecule has 3 rings (SSSR count). The van der Waals surface area contributed by atoms with E-state index in [4.69, 9.17) is 9.47 Å². The minimum absolute atomic E-state index is 0.0531. The molecule has 2 atom stereocenters. The Morgan fingerprint density at radius 2 is 2.16 bits per heavy atom. The number of amides is 1. The van der Waals surface area contributed by atoms with E-state index < -0.39 is 0 Å². The summed E-state index contributed by atoms with van der Waals surface area (Å²) in [6, 6.07) is 3.87. The quantitative estimate of drug-likeness (QED) is 0.813. The first-order chi connectivity index (χ1) is 12.1. The lowest BCUT2D eigenvalue weighted by molar-refractivity contribution is 0.00166. The molecule has 25 heavy (non-hydrogen) atoms. The van der Waals surface area contributed by atoms with Gasteiger partial charge in [0.2, 0.25) is 0 Å². The highest BCUT2D eigenvalue weighted by atomic mass is 16.5. The second kappa shape index (κ2) is 8.60. The minimum atomic E-state index is -0.0531. The maximum absolute atomic E-state index is 12.6. The van der Waals surface area contributed by atoms with Crippen molar-refractivity contribution in [2.75, 3.05) is 65.1 Å². The van der Waals surface area contributed by atoms with Gasteiger partial charge in [-0.1, -0.05) is 0 Å². The maximum Gasteiger partial charge on any atom is 0.251 e. The van der Waals surface area contributed by atoms with Crippen molar-refractivity contribution in [3.63, 3.8) is 0 Å². The van der Waals surface area contributed by atoms with Crippen molar-refractivity contribution < 1.29 is 14.3 Å². The number of hydrogen-bond donors (Lipinski definition) is 1. The van der Waals surface area contributed by atoms with Crippen LogP contribution in [0, 0.1) is 5.92 Å². The lowest BCUT2D eigenvalue weighted by atomic mass is 9.96. The number of pyridine rings is 1. The molecule has 7 heteroatoms. The number of carbonyl (C=O) groups is 1. The molecule has 2 fully saturated rings. The number of hydrogen-bond acceptors (Lipinski definition) is 6. The normalized spacial score (nSPS) is 22.6. The Morgan fingerprint density at radius 1 is 1.36 bits per heavy atom. The SMILES string of the molecule is CN(C)c1cc(C(=O)NC[C@@H]([C@H]2CCOC2)N2CCOCC2)ccn1. The first kappa shape index (κ1) is 18.1. The fourth-order valence-corrected chi connectivity index (χ4v) is 3.46. The first-order valence-electron chi connectivity index (χ1n) is 8.96. The zero-order valence-corrected chi connectivity index (χ0v) is 15.1. The van der Waals surface area contributed by atoms with Gasteiger partial charge >= 0.3 is 0 Å². The Bertz CT molecular complexity index is 569. The van der Waals surface area contributed by atoms with E-state index in [1.807, 2.05) is 25.1 Å². The molecule has 1 aromatic rings. The van der Waals surface area contributed by atoms with E-state index in [-0.39, 0.29) is 5.91 Å². The van der Waals surface area contributed by atoms with Crippen LogP contribution in [0.4, 0.5) is 5.82 Å². The van der Waals surface area contributed by atoms with Crippen LogP contribution in [0.25, 0.3) is 0 Å². The topological polar surface area (TPSA) is 66.9 Å². The third-order valence-corrected chi connectivity index (χ3v) is 4.96. The van der Waals surface area contributed by atoms with Gasteiger partial charge < -0.3 is 19.7 Å². The summed E-state index contributed by atoms with van der Waals surface area (Å²) in [6.07, 6.45) is 2.73. The zero-order chi connectivity index (χ0) is 17.6. The number of anilines is 1. The number of ether oxygens (including phenoxy) is 2. The Hall–Kier alpha value is -1.70. The Balaban J connectivity index is 1.63. The monoisotopic (exact) mass is 348 g/mol. The van der Waals surface area contributed by atoms with Gasteiger partial charge in [-0.05, 0) is 18.6 Å². The summed E-state index contributed by atoms with van der Waals surface area (Å²) in [5.74, 6) is 1.19. The molecule has 0 bridgehead atoms. The molecule has 0 saturated carbocycles. The highest BCUT2D eigenvalue weighted by Gasteiger charge is 2.31. The molecule has 2 aliphatic heterocycles. The van der Waals surface area contributed by atoms with Gasteiger partial charge in [0.05, 0.1) is 19.8 Å². The van der Waals surface area contributed by atoms with Crippen LogP contribution in [0.1, 0.15) is 16.8 Å². The van der Waals surface area contributed by atoms with E-state index in [2.05, 4.69) is 15.2 Å². The van der Waals surface area contributed by atoms with Crippen LogP contribution in [0.2, 0.25) is 0 Å². The largest absolute Gasteiger partial charge is 0.381 e. The van der Waals surface area contributed by atoms with Crippen molar-refractivity contribution in [1.29, 1.82) is 0 Å². The molecule has 1 amide bonds. The molecular formula is C18H28N4O3. The van der Waals surface area contributed by atoms with Crippen molar-refractivity contribution >= 4 is 11.7 Å². The number of carbonyl (C=O) groups excluding carboxylic acids is 1. The first-order valence-corrected chi connectivity index (χ1v) is 8.96. The molecule has 0 aliphatic carbocycles. The molecule has 0 spiro atoms. The third-order valence-electron chi connectivity index (χ3n) is 4.96. The fourth-order valence-electron chi connectivity index (χ4n) is 3.46. The van der Waals surface area contributed by atoms with E-state index in [9.17, 15) is 4.79 Å². The highest BCUT2D eigenvalue weighted by Crippen LogP contribution is 2.22. The van der Waals surface area contributed by atoms with Gasteiger partial charge in [0.1, 0.15) is 5.82 Å². The Morgan fingerprint density at radius 3 is 2.84 bits per heavy atom. The Kier molecular flexibility index (Phi) is 6.23. The summed E-state index contributed by atoms with van der Waals surface area (Å²) in [4.78, 5) is 21.2. The van der Waals surface area contributed by atoms with Crippen LogP contribution < -0.4 is 10.2 Å². The van der Waals surface area contributed by atoms with Gasteiger partial charge in [-0.2, -0.15) is 0 Å². The summed E-state index contributed by atoms with van der Waals surface area (Å²) in [7, 11) is 3.83. The molecular weight excluding hydrogens is 320 g/mol. The Labute approximate surface area is 149 Å². The van der Waals surface area contributed by atoms with E-state index in [1.54, 1.807) is 12.3 Å². The molecule has 7 nitrogen and oxygen atoms in total. The van der Waals surface area contributed by atoms with Gasteiger partial charge in [0, 0.05) is 64.1 Å². The molecule has 2 aliphatic rings. The number of aromatic nitrogens is 1. The molecule has 138 valence electrons. The number of rotatable bonds is 6. The van der Waals surface area contributed by atoms with Crippen LogP contribution in [0.3, 0.4) is 0 Å². The van der Waals surface area contributed by atoms with Crippen LogP contribution in [-0.4, -0.2) is 82.0 Å². The third kappa shape index (κ3) is 4.68. The predicted octanol–water partition coefficient (Wildman–Crippen LogP) is 0.615. The molecule has 0 radical (unpaired) electrons. The van der Waals surface area contributed by atoms with E-state index >= 15 is 0 Å². The van der Waals surface area contributed by atoms with E-state index in [1.165, 1.54) is 0 Å². The number of morpholine rings is 1. The van der Waals surface area contributed by atoms with Crippen molar-refractivity contribution in [2.45, 2.75) is 12.5 Å². The lowest BCUT2D eigenvalue weighted by Crippen LogP contribution is -2.52.